The smallest absolute Gasteiger partial charge is 0.226 e. The largest absolute Gasteiger partial charge is 0.385 e. The first kappa shape index (κ1) is 21.1. The molecule has 1 saturated heterocycles. The first-order chi connectivity index (χ1) is 13.3. The van der Waals surface area contributed by atoms with Gasteiger partial charge in [0.1, 0.15) is 0 Å². The summed E-state index contributed by atoms with van der Waals surface area (Å²) in [4.78, 5) is 13.9. The van der Waals surface area contributed by atoms with Crippen LogP contribution >= 0.6 is 0 Å². The molecule has 0 spiro atoms. The second kappa shape index (κ2) is 9.27. The van der Waals surface area contributed by atoms with E-state index in [0.717, 1.165) is 63.0 Å². The van der Waals surface area contributed by atoms with E-state index in [9.17, 15) is 13.2 Å². The molecule has 1 aliphatic carbocycles. The maximum atomic E-state index is 12.0. The van der Waals surface area contributed by atoms with Crippen molar-refractivity contribution < 1.29 is 13.2 Å². The molecule has 1 amide bonds. The van der Waals surface area contributed by atoms with Crippen LogP contribution in [-0.4, -0.2) is 38.7 Å². The number of benzene rings is 1. The van der Waals surface area contributed by atoms with Gasteiger partial charge >= 0.3 is 0 Å². The highest BCUT2D eigenvalue weighted by Crippen LogP contribution is 2.27. The predicted molar refractivity (Wildman–Crippen MR) is 114 cm³/mol. The molecule has 2 fully saturated rings. The summed E-state index contributed by atoms with van der Waals surface area (Å²) in [5.74, 6) is 0.778. The van der Waals surface area contributed by atoms with Crippen LogP contribution in [-0.2, 0) is 14.8 Å². The van der Waals surface area contributed by atoms with Gasteiger partial charge in [-0.05, 0) is 82.6 Å². The van der Waals surface area contributed by atoms with Crippen LogP contribution in [0.15, 0.2) is 24.3 Å². The monoisotopic (exact) mass is 407 g/mol. The van der Waals surface area contributed by atoms with E-state index >= 15 is 0 Å². The molecule has 28 heavy (non-hydrogen) atoms. The van der Waals surface area contributed by atoms with Crippen LogP contribution in [0.3, 0.4) is 0 Å². The van der Waals surface area contributed by atoms with Crippen molar-refractivity contribution in [1.82, 2.24) is 4.72 Å². The summed E-state index contributed by atoms with van der Waals surface area (Å²) >= 11 is 0. The van der Waals surface area contributed by atoms with Crippen molar-refractivity contribution in [3.05, 3.63) is 24.3 Å². The Morgan fingerprint density at radius 3 is 2.36 bits per heavy atom. The molecule has 2 N–H and O–H groups in total. The number of amides is 1. The summed E-state index contributed by atoms with van der Waals surface area (Å²) in [6.45, 7) is 5.13. The van der Waals surface area contributed by atoms with E-state index in [-0.39, 0.29) is 17.2 Å². The molecular formula is C21H33N3O3S. The average molecular weight is 408 g/mol. The van der Waals surface area contributed by atoms with Gasteiger partial charge in [0.05, 0.1) is 5.25 Å². The standard InChI is InChI=1S/C21H33N3O3S/c1-16(2)28(26,27)23-19-8-6-17(7-9-19)15-22-18-10-12-20(13-11-18)24-14-4-3-5-21(24)25/h10-13,16-17,19,22-23H,3-9,14-15H2,1-2H3. The van der Waals surface area contributed by atoms with Gasteiger partial charge in [-0.3, -0.25) is 4.79 Å². The Bertz CT molecular complexity index is 754. The number of nitrogens with zero attached hydrogens (tertiary/aromatic N) is 1. The number of hydrogen-bond donors (Lipinski definition) is 2. The molecule has 1 saturated carbocycles. The van der Waals surface area contributed by atoms with Crippen LogP contribution in [0.25, 0.3) is 0 Å². The minimum atomic E-state index is -3.18. The molecular weight excluding hydrogens is 374 g/mol. The maximum absolute atomic E-state index is 12.0. The number of anilines is 2. The molecule has 0 atom stereocenters. The quantitative estimate of drug-likeness (QED) is 0.725. The third-order valence-corrected chi connectivity index (χ3v) is 7.80. The summed E-state index contributed by atoms with van der Waals surface area (Å²) in [6, 6.07) is 8.19. The van der Waals surface area contributed by atoms with Crippen LogP contribution < -0.4 is 14.9 Å². The minimum Gasteiger partial charge on any atom is -0.385 e. The Hall–Kier alpha value is -1.60. The second-order valence-corrected chi connectivity index (χ2v) is 10.6. The Labute approximate surface area is 169 Å². The third kappa shape index (κ3) is 5.47. The van der Waals surface area contributed by atoms with E-state index < -0.39 is 10.0 Å². The maximum Gasteiger partial charge on any atom is 0.226 e. The molecule has 0 bridgehead atoms. The highest BCUT2D eigenvalue weighted by atomic mass is 32.2. The van der Waals surface area contributed by atoms with Gasteiger partial charge in [0.2, 0.25) is 15.9 Å². The van der Waals surface area contributed by atoms with Gasteiger partial charge < -0.3 is 10.2 Å². The summed E-state index contributed by atoms with van der Waals surface area (Å²) in [6.07, 6.45) is 6.56. The van der Waals surface area contributed by atoms with E-state index in [0.29, 0.717) is 12.3 Å². The topological polar surface area (TPSA) is 78.5 Å². The Morgan fingerprint density at radius 2 is 1.75 bits per heavy atom. The molecule has 7 heteroatoms. The zero-order chi connectivity index (χ0) is 20.1. The fraction of sp³-hybridized carbons (Fsp3) is 0.667. The molecule has 6 nitrogen and oxygen atoms in total. The van der Waals surface area contributed by atoms with E-state index in [1.54, 1.807) is 13.8 Å². The van der Waals surface area contributed by atoms with Crippen molar-refractivity contribution in [3.8, 4) is 0 Å². The van der Waals surface area contributed by atoms with Gasteiger partial charge in [-0.15, -0.1) is 0 Å². The van der Waals surface area contributed by atoms with Gasteiger partial charge in [0.15, 0.2) is 0 Å². The Balaban J connectivity index is 1.43. The highest BCUT2D eigenvalue weighted by molar-refractivity contribution is 7.90. The number of nitrogens with one attached hydrogen (secondary N) is 2. The first-order valence-electron chi connectivity index (χ1n) is 10.5. The average Bonchev–Trinajstić information content (AvgIpc) is 2.68. The number of sulfonamides is 1. The third-order valence-electron chi connectivity index (χ3n) is 5.90. The molecule has 0 radical (unpaired) electrons. The summed E-state index contributed by atoms with van der Waals surface area (Å²) < 4.78 is 26.9. The lowest BCUT2D eigenvalue weighted by atomic mass is 9.86. The Morgan fingerprint density at radius 1 is 1.07 bits per heavy atom. The SMILES string of the molecule is CC(C)S(=O)(=O)NC1CCC(CNc2ccc(N3CCCCC3=O)cc2)CC1. The van der Waals surface area contributed by atoms with Crippen molar-refractivity contribution in [3.63, 3.8) is 0 Å². The van der Waals surface area contributed by atoms with Crippen molar-refractivity contribution in [2.24, 2.45) is 5.92 Å². The molecule has 0 aromatic heterocycles. The van der Waals surface area contributed by atoms with Crippen LogP contribution in [0.2, 0.25) is 0 Å². The first-order valence-corrected chi connectivity index (χ1v) is 12.1. The molecule has 0 unspecified atom stereocenters. The van der Waals surface area contributed by atoms with E-state index in [1.165, 1.54) is 0 Å². The van der Waals surface area contributed by atoms with Gasteiger partial charge in [0.25, 0.3) is 0 Å². The molecule has 1 heterocycles. The summed E-state index contributed by atoms with van der Waals surface area (Å²) in [7, 11) is -3.18. The zero-order valence-electron chi connectivity index (χ0n) is 17.0. The minimum absolute atomic E-state index is 0.0741. The van der Waals surface area contributed by atoms with E-state index in [2.05, 4.69) is 10.0 Å². The van der Waals surface area contributed by atoms with Crippen LogP contribution in [0.4, 0.5) is 11.4 Å². The van der Waals surface area contributed by atoms with Crippen molar-refractivity contribution >= 4 is 27.3 Å². The fourth-order valence-electron chi connectivity index (χ4n) is 3.95. The number of piperidine rings is 1. The lowest BCUT2D eigenvalue weighted by Gasteiger charge is -2.30. The van der Waals surface area contributed by atoms with Crippen molar-refractivity contribution in [2.45, 2.75) is 70.1 Å². The number of hydrogen-bond acceptors (Lipinski definition) is 4. The van der Waals surface area contributed by atoms with Gasteiger partial charge in [-0.2, -0.15) is 0 Å². The Kier molecular flexibility index (Phi) is 6.99. The highest BCUT2D eigenvalue weighted by Gasteiger charge is 2.26. The van der Waals surface area contributed by atoms with Gasteiger partial charge in [0, 0.05) is 36.9 Å². The summed E-state index contributed by atoms with van der Waals surface area (Å²) in [5.41, 5.74) is 2.05. The van der Waals surface area contributed by atoms with E-state index in [4.69, 9.17) is 0 Å². The number of carbonyl (C=O) groups excluding carboxylic acids is 1. The van der Waals surface area contributed by atoms with Crippen LogP contribution in [0.1, 0.15) is 58.8 Å². The van der Waals surface area contributed by atoms with Crippen molar-refractivity contribution in [2.75, 3.05) is 23.3 Å². The number of rotatable bonds is 7. The normalized spacial score (nSPS) is 23.8. The summed E-state index contributed by atoms with van der Waals surface area (Å²) in [5, 5.41) is 3.12. The second-order valence-electron chi connectivity index (χ2n) is 8.36. The molecule has 156 valence electrons. The molecule has 2 aliphatic rings. The molecule has 1 aliphatic heterocycles. The molecule has 1 aromatic carbocycles. The van der Waals surface area contributed by atoms with Crippen LogP contribution in [0.5, 0.6) is 0 Å². The lowest BCUT2D eigenvalue weighted by Crippen LogP contribution is -2.41. The molecule has 1 aromatic rings. The zero-order valence-corrected chi connectivity index (χ0v) is 17.8. The van der Waals surface area contributed by atoms with Gasteiger partial charge in [-0.25, -0.2) is 13.1 Å². The molecule has 3 rings (SSSR count). The van der Waals surface area contributed by atoms with Crippen molar-refractivity contribution in [1.29, 1.82) is 0 Å². The fourth-order valence-corrected chi connectivity index (χ4v) is 4.93. The van der Waals surface area contributed by atoms with Crippen LogP contribution in [0, 0.1) is 5.92 Å². The predicted octanol–water partition coefficient (Wildman–Crippen LogP) is 3.50. The van der Waals surface area contributed by atoms with Gasteiger partial charge in [-0.1, -0.05) is 0 Å². The number of carbonyl (C=O) groups is 1. The lowest BCUT2D eigenvalue weighted by molar-refractivity contribution is -0.119. The van der Waals surface area contributed by atoms with E-state index in [1.807, 2.05) is 29.2 Å².